The van der Waals surface area contributed by atoms with Gasteiger partial charge in [-0.05, 0) is 43.4 Å². The summed E-state index contributed by atoms with van der Waals surface area (Å²) in [6.07, 6.45) is 13.3. The van der Waals surface area contributed by atoms with Gasteiger partial charge in [0, 0.05) is 66.9 Å². The highest BCUT2D eigenvalue weighted by Gasteiger charge is 2.66. The molecule has 0 unspecified atom stereocenters. The molecule has 0 atom stereocenters. The van der Waals surface area contributed by atoms with Gasteiger partial charge in [-0.25, -0.2) is 4.98 Å². The first kappa shape index (κ1) is 25.7. The maximum absolute atomic E-state index is 13.6. The van der Waals surface area contributed by atoms with Crippen LogP contribution in [0.5, 0.6) is 5.75 Å². The molecule has 1 aromatic carbocycles. The van der Waals surface area contributed by atoms with Crippen LogP contribution in [0.15, 0.2) is 53.6 Å². The van der Waals surface area contributed by atoms with E-state index < -0.39 is 0 Å². The molecule has 8 heteroatoms. The summed E-state index contributed by atoms with van der Waals surface area (Å²) >= 11 is 0. The van der Waals surface area contributed by atoms with Gasteiger partial charge in [0.25, 0.3) is 5.56 Å². The van der Waals surface area contributed by atoms with E-state index in [-0.39, 0.29) is 22.4 Å². The SMILES string of the molecule is Cn1ccc(OCC23CC(CNc4cccc5c(N)nccc45)(CN2C(=O)CCC2CCCCC2)C3)cc1=O. The Morgan fingerprint density at radius 1 is 1.15 bits per heavy atom. The van der Waals surface area contributed by atoms with Gasteiger partial charge >= 0.3 is 0 Å². The van der Waals surface area contributed by atoms with E-state index in [2.05, 4.69) is 21.3 Å². The lowest BCUT2D eigenvalue weighted by atomic mass is 9.62. The molecule has 0 radical (unpaired) electrons. The number of aryl methyl sites for hydroxylation is 1. The fourth-order valence-electron chi connectivity index (χ4n) is 7.31. The van der Waals surface area contributed by atoms with Crippen LogP contribution in [0.3, 0.4) is 0 Å². The number of carbonyl (C=O) groups is 1. The van der Waals surface area contributed by atoms with Gasteiger partial charge in [0.05, 0.1) is 5.54 Å². The molecule has 2 aliphatic carbocycles. The van der Waals surface area contributed by atoms with E-state index in [1.165, 1.54) is 42.7 Å². The number of hydrogen-bond acceptors (Lipinski definition) is 6. The summed E-state index contributed by atoms with van der Waals surface area (Å²) in [6.45, 7) is 1.92. The van der Waals surface area contributed by atoms with Gasteiger partial charge < -0.3 is 25.3 Å². The van der Waals surface area contributed by atoms with Crippen LogP contribution >= 0.6 is 0 Å². The average Bonchev–Trinajstić information content (AvgIpc) is 3.43. The van der Waals surface area contributed by atoms with E-state index in [0.717, 1.165) is 48.8 Å². The Morgan fingerprint density at radius 3 is 2.77 bits per heavy atom. The molecule has 3 aromatic rings. The number of nitrogens with two attached hydrogens (primary N) is 1. The molecule has 2 bridgehead atoms. The van der Waals surface area contributed by atoms with Crippen molar-refractivity contribution in [3.63, 3.8) is 0 Å². The summed E-state index contributed by atoms with van der Waals surface area (Å²) in [5, 5.41) is 5.67. The zero-order chi connectivity index (χ0) is 27.0. The van der Waals surface area contributed by atoms with Crippen molar-refractivity contribution in [1.82, 2.24) is 14.5 Å². The Balaban J connectivity index is 1.17. The molecule has 206 valence electrons. The number of benzene rings is 1. The molecule has 8 nitrogen and oxygen atoms in total. The minimum absolute atomic E-state index is 0.00256. The first-order chi connectivity index (χ1) is 18.9. The molecular formula is C31H39N5O3. The maximum atomic E-state index is 13.6. The van der Waals surface area contributed by atoms with Gasteiger partial charge in [-0.15, -0.1) is 0 Å². The zero-order valence-electron chi connectivity index (χ0n) is 22.8. The van der Waals surface area contributed by atoms with Crippen LogP contribution in [-0.2, 0) is 11.8 Å². The van der Waals surface area contributed by atoms with Crippen molar-refractivity contribution in [3.8, 4) is 5.75 Å². The Labute approximate surface area is 229 Å². The van der Waals surface area contributed by atoms with Crippen LogP contribution in [0.25, 0.3) is 10.8 Å². The van der Waals surface area contributed by atoms with Gasteiger partial charge in [0.15, 0.2) is 0 Å². The number of anilines is 2. The van der Waals surface area contributed by atoms with Crippen molar-refractivity contribution in [2.45, 2.75) is 63.3 Å². The van der Waals surface area contributed by atoms with Crippen LogP contribution in [0.1, 0.15) is 57.8 Å². The number of carbonyl (C=O) groups excluding carboxylic acids is 1. The second kappa shape index (κ2) is 10.2. The smallest absolute Gasteiger partial charge is 0.253 e. The lowest BCUT2D eigenvalue weighted by Crippen LogP contribution is -2.56. The second-order valence-corrected chi connectivity index (χ2v) is 12.2. The van der Waals surface area contributed by atoms with Crippen LogP contribution in [0.4, 0.5) is 11.5 Å². The summed E-state index contributed by atoms with van der Waals surface area (Å²) in [5.74, 6) is 2.01. The first-order valence-electron chi connectivity index (χ1n) is 14.3. The molecule has 2 saturated carbocycles. The summed E-state index contributed by atoms with van der Waals surface area (Å²) < 4.78 is 7.70. The van der Waals surface area contributed by atoms with Gasteiger partial charge in [-0.3, -0.25) is 9.59 Å². The molecule has 2 saturated heterocycles. The van der Waals surface area contributed by atoms with Crippen LogP contribution in [0.2, 0.25) is 0 Å². The van der Waals surface area contributed by atoms with E-state index in [9.17, 15) is 9.59 Å². The average molecular weight is 530 g/mol. The monoisotopic (exact) mass is 529 g/mol. The van der Waals surface area contributed by atoms with Crippen LogP contribution in [-0.4, -0.2) is 45.6 Å². The molecule has 2 aliphatic heterocycles. The van der Waals surface area contributed by atoms with Crippen molar-refractivity contribution >= 4 is 28.2 Å². The van der Waals surface area contributed by atoms with E-state index in [1.54, 1.807) is 19.4 Å². The molecule has 1 amide bonds. The van der Waals surface area contributed by atoms with Crippen LogP contribution < -0.4 is 21.3 Å². The minimum Gasteiger partial charge on any atom is -0.491 e. The Hall–Kier alpha value is -3.55. The number of nitrogens with zero attached hydrogens (tertiary/aromatic N) is 3. The quantitative estimate of drug-likeness (QED) is 0.416. The zero-order valence-corrected chi connectivity index (χ0v) is 22.8. The standard InChI is InChI=1S/C31H39N5O3/c1-35-15-13-23(16-28(35)38)39-21-31-17-30(18-31,20-36(31)27(37)11-10-22-6-3-2-4-7-22)19-34-26-9-5-8-25-24(26)12-14-33-29(25)32/h5,8-9,12-16,22,34H,2-4,6-7,10-11,17-21H2,1H3,(H2,32,33). The number of pyridine rings is 2. The van der Waals surface area contributed by atoms with Crippen molar-refractivity contribution in [2.24, 2.45) is 18.4 Å². The lowest BCUT2D eigenvalue weighted by molar-refractivity contribution is -0.136. The molecular weight excluding hydrogens is 490 g/mol. The number of hydrogen-bond donors (Lipinski definition) is 2. The number of ether oxygens (including phenoxy) is 1. The molecule has 39 heavy (non-hydrogen) atoms. The highest BCUT2D eigenvalue weighted by molar-refractivity contribution is 5.99. The summed E-state index contributed by atoms with van der Waals surface area (Å²) in [6, 6.07) is 11.4. The van der Waals surface area contributed by atoms with Crippen LogP contribution in [0, 0.1) is 11.3 Å². The number of aromatic nitrogens is 2. The fourth-order valence-corrected chi connectivity index (χ4v) is 7.31. The fraction of sp³-hybridized carbons (Fsp3) is 0.516. The third-order valence-electron chi connectivity index (χ3n) is 9.34. The molecule has 0 spiro atoms. The van der Waals surface area contributed by atoms with Gasteiger partial charge in [-0.2, -0.15) is 0 Å². The lowest BCUT2D eigenvalue weighted by Gasteiger charge is -2.47. The van der Waals surface area contributed by atoms with Gasteiger partial charge in [0.1, 0.15) is 18.2 Å². The molecule has 3 N–H and O–H groups in total. The van der Waals surface area contributed by atoms with Gasteiger partial charge in [0.2, 0.25) is 5.91 Å². The Kier molecular flexibility index (Phi) is 6.73. The second-order valence-electron chi connectivity index (χ2n) is 12.2. The Morgan fingerprint density at radius 2 is 1.97 bits per heavy atom. The van der Waals surface area contributed by atoms with Crippen molar-refractivity contribution in [2.75, 3.05) is 30.7 Å². The minimum atomic E-state index is -0.320. The van der Waals surface area contributed by atoms with Gasteiger partial charge in [-0.1, -0.05) is 44.2 Å². The highest BCUT2D eigenvalue weighted by atomic mass is 16.5. The molecule has 4 fully saturated rings. The normalized spacial score (nSPS) is 24.5. The predicted octanol–water partition coefficient (Wildman–Crippen LogP) is 4.73. The number of nitrogens with one attached hydrogen (secondary N) is 1. The van der Waals surface area contributed by atoms with E-state index in [0.29, 0.717) is 30.5 Å². The molecule has 7 rings (SSSR count). The molecule has 4 aliphatic rings. The number of rotatable bonds is 9. The number of fused-ring (bicyclic) bond motifs is 2. The van der Waals surface area contributed by atoms with E-state index in [4.69, 9.17) is 10.5 Å². The third kappa shape index (κ3) is 4.97. The summed E-state index contributed by atoms with van der Waals surface area (Å²) in [7, 11) is 1.72. The van der Waals surface area contributed by atoms with Crippen molar-refractivity contribution < 1.29 is 9.53 Å². The number of nitrogen functional groups attached to an aromatic ring is 1. The van der Waals surface area contributed by atoms with Crippen molar-refractivity contribution in [3.05, 3.63) is 59.1 Å². The first-order valence-corrected chi connectivity index (χ1v) is 14.3. The van der Waals surface area contributed by atoms with E-state index >= 15 is 0 Å². The largest absolute Gasteiger partial charge is 0.491 e. The third-order valence-corrected chi connectivity index (χ3v) is 9.34. The summed E-state index contributed by atoms with van der Waals surface area (Å²) in [5.41, 5.74) is 6.72. The van der Waals surface area contributed by atoms with E-state index in [1.807, 2.05) is 24.3 Å². The highest BCUT2D eigenvalue weighted by Crippen LogP contribution is 2.59. The summed E-state index contributed by atoms with van der Waals surface area (Å²) in [4.78, 5) is 32.1. The topological polar surface area (TPSA) is 102 Å². The molecule has 2 aromatic heterocycles. The number of amides is 1. The van der Waals surface area contributed by atoms with Crippen molar-refractivity contribution in [1.29, 1.82) is 0 Å². The maximum Gasteiger partial charge on any atom is 0.253 e. The predicted molar refractivity (Wildman–Crippen MR) is 154 cm³/mol. The molecule has 4 heterocycles. The Bertz CT molecular complexity index is 1420.